The molecule has 0 aromatic heterocycles. The van der Waals surface area contributed by atoms with Crippen molar-refractivity contribution in [2.24, 2.45) is 0 Å². The van der Waals surface area contributed by atoms with Crippen LogP contribution in [0.15, 0.2) is 24.3 Å². The van der Waals surface area contributed by atoms with Gasteiger partial charge >= 0.3 is 12.2 Å². The van der Waals surface area contributed by atoms with Crippen LogP contribution in [0.1, 0.15) is 0 Å². The molecule has 1 aromatic rings. The molecular weight excluding hydrogens is 249 g/mol. The van der Waals surface area contributed by atoms with Crippen LogP contribution in [-0.4, -0.2) is 32.9 Å². The van der Waals surface area contributed by atoms with Gasteiger partial charge in [0.25, 0.3) is 0 Å². The van der Waals surface area contributed by atoms with E-state index in [9.17, 15) is 18.0 Å². The summed E-state index contributed by atoms with van der Waals surface area (Å²) in [6.07, 6.45) is -4.43. The van der Waals surface area contributed by atoms with E-state index in [1.165, 1.54) is 14.2 Å². The lowest BCUT2D eigenvalue weighted by Gasteiger charge is -2.20. The first-order valence-corrected chi connectivity index (χ1v) is 5.06. The zero-order valence-electron chi connectivity index (χ0n) is 9.91. The van der Waals surface area contributed by atoms with Crippen LogP contribution in [0.5, 0.6) is 5.75 Å². The Labute approximate surface area is 102 Å². The zero-order chi connectivity index (χ0) is 13.8. The van der Waals surface area contributed by atoms with Crippen LogP contribution in [0.25, 0.3) is 0 Å². The van der Waals surface area contributed by atoms with Crippen molar-refractivity contribution in [3.63, 3.8) is 0 Å². The van der Waals surface area contributed by atoms with Gasteiger partial charge in [-0.1, -0.05) is 12.1 Å². The van der Waals surface area contributed by atoms with Crippen molar-refractivity contribution in [1.29, 1.82) is 0 Å². The molecule has 0 aliphatic rings. The molecule has 4 nitrogen and oxygen atoms in total. The number of urea groups is 1. The van der Waals surface area contributed by atoms with Gasteiger partial charge in [0.15, 0.2) is 0 Å². The van der Waals surface area contributed by atoms with Gasteiger partial charge in [0.2, 0.25) is 0 Å². The molecule has 18 heavy (non-hydrogen) atoms. The second-order valence-electron chi connectivity index (χ2n) is 3.50. The number of halogens is 3. The Kier molecular flexibility index (Phi) is 4.41. The predicted octanol–water partition coefficient (Wildman–Crippen LogP) is 2.40. The van der Waals surface area contributed by atoms with E-state index in [0.717, 1.165) is 4.90 Å². The number of nitrogens with one attached hydrogen (secondary N) is 1. The fourth-order valence-electron chi connectivity index (χ4n) is 1.31. The van der Waals surface area contributed by atoms with Crippen molar-refractivity contribution in [2.45, 2.75) is 6.18 Å². The Morgan fingerprint density at radius 1 is 1.39 bits per heavy atom. The number of para-hydroxylation sites is 2. The van der Waals surface area contributed by atoms with Crippen molar-refractivity contribution in [3.05, 3.63) is 24.3 Å². The number of anilines is 1. The number of ether oxygens (including phenoxy) is 1. The first-order chi connectivity index (χ1) is 8.35. The highest BCUT2D eigenvalue weighted by Crippen LogP contribution is 2.26. The van der Waals surface area contributed by atoms with E-state index in [-0.39, 0.29) is 0 Å². The molecule has 1 aromatic carbocycles. The standard InChI is InChI=1S/C11H13F3N2O2/c1-16(10(17)15-7-11(12,13)14)8-5-3-4-6-9(8)18-2/h3-6H,7H2,1-2H3,(H,15,17). The lowest BCUT2D eigenvalue weighted by molar-refractivity contribution is -0.122. The zero-order valence-corrected chi connectivity index (χ0v) is 9.91. The molecule has 0 atom stereocenters. The molecule has 0 aliphatic heterocycles. The van der Waals surface area contributed by atoms with Crippen LogP contribution in [0.3, 0.4) is 0 Å². The summed E-state index contributed by atoms with van der Waals surface area (Å²) in [7, 11) is 2.78. The van der Waals surface area contributed by atoms with Gasteiger partial charge in [0.05, 0.1) is 12.8 Å². The van der Waals surface area contributed by atoms with Gasteiger partial charge < -0.3 is 10.1 Å². The van der Waals surface area contributed by atoms with E-state index < -0.39 is 18.8 Å². The fraction of sp³-hybridized carbons (Fsp3) is 0.364. The third kappa shape index (κ3) is 3.83. The molecule has 0 bridgehead atoms. The Balaban J connectivity index is 2.74. The molecule has 0 fully saturated rings. The molecule has 0 saturated heterocycles. The molecule has 2 amide bonds. The van der Waals surface area contributed by atoms with Gasteiger partial charge in [0, 0.05) is 7.05 Å². The summed E-state index contributed by atoms with van der Waals surface area (Å²) in [5.41, 5.74) is 0.389. The quantitative estimate of drug-likeness (QED) is 0.908. The molecule has 7 heteroatoms. The van der Waals surface area contributed by atoms with E-state index in [1.807, 2.05) is 0 Å². The average Bonchev–Trinajstić information content (AvgIpc) is 2.34. The summed E-state index contributed by atoms with van der Waals surface area (Å²) in [5.74, 6) is 0.405. The van der Waals surface area contributed by atoms with Crippen LogP contribution >= 0.6 is 0 Å². The summed E-state index contributed by atoms with van der Waals surface area (Å²) in [5, 5.41) is 1.78. The molecule has 0 heterocycles. The minimum atomic E-state index is -4.43. The van der Waals surface area contributed by atoms with Crippen LogP contribution in [0.2, 0.25) is 0 Å². The van der Waals surface area contributed by atoms with Crippen molar-refractivity contribution in [1.82, 2.24) is 5.32 Å². The molecule has 0 unspecified atom stereocenters. The van der Waals surface area contributed by atoms with Crippen molar-refractivity contribution < 1.29 is 22.7 Å². The second kappa shape index (κ2) is 5.61. The highest BCUT2D eigenvalue weighted by atomic mass is 19.4. The molecule has 1 rings (SSSR count). The Bertz CT molecular complexity index is 421. The Morgan fingerprint density at radius 2 is 2.00 bits per heavy atom. The van der Waals surface area contributed by atoms with Gasteiger partial charge in [-0.2, -0.15) is 13.2 Å². The molecule has 100 valence electrons. The van der Waals surface area contributed by atoms with E-state index in [1.54, 1.807) is 29.6 Å². The Morgan fingerprint density at radius 3 is 2.56 bits per heavy atom. The van der Waals surface area contributed by atoms with Gasteiger partial charge in [-0.3, -0.25) is 4.90 Å². The van der Waals surface area contributed by atoms with Gasteiger partial charge in [-0.25, -0.2) is 4.79 Å². The largest absolute Gasteiger partial charge is 0.495 e. The van der Waals surface area contributed by atoms with Crippen molar-refractivity contribution in [3.8, 4) is 5.75 Å². The summed E-state index contributed by atoms with van der Waals surface area (Å²) >= 11 is 0. The number of alkyl halides is 3. The number of carbonyl (C=O) groups is 1. The van der Waals surface area contributed by atoms with Crippen molar-refractivity contribution in [2.75, 3.05) is 25.6 Å². The highest BCUT2D eigenvalue weighted by Gasteiger charge is 2.28. The third-order valence-corrected chi connectivity index (χ3v) is 2.19. The third-order valence-electron chi connectivity index (χ3n) is 2.19. The Hall–Kier alpha value is -1.92. The predicted molar refractivity (Wildman–Crippen MR) is 60.9 cm³/mol. The number of amides is 2. The second-order valence-corrected chi connectivity index (χ2v) is 3.50. The maximum Gasteiger partial charge on any atom is 0.405 e. The van der Waals surface area contributed by atoms with E-state index in [0.29, 0.717) is 11.4 Å². The minimum absolute atomic E-state index is 0.389. The van der Waals surface area contributed by atoms with Gasteiger partial charge in [0.1, 0.15) is 12.3 Å². The number of rotatable bonds is 3. The number of carbonyl (C=O) groups excluding carboxylic acids is 1. The summed E-state index contributed by atoms with van der Waals surface area (Å²) in [6.45, 7) is -1.37. The summed E-state index contributed by atoms with van der Waals surface area (Å²) < 4.78 is 40.9. The molecule has 0 saturated carbocycles. The summed E-state index contributed by atoms with van der Waals surface area (Å²) in [4.78, 5) is 12.6. The lowest BCUT2D eigenvalue weighted by atomic mass is 10.3. The topological polar surface area (TPSA) is 41.6 Å². The summed E-state index contributed by atoms with van der Waals surface area (Å²) in [6, 6.07) is 5.70. The number of hydrogen-bond donors (Lipinski definition) is 1. The van der Waals surface area contributed by atoms with Crippen LogP contribution < -0.4 is 15.0 Å². The van der Waals surface area contributed by atoms with E-state index >= 15 is 0 Å². The van der Waals surface area contributed by atoms with E-state index in [4.69, 9.17) is 4.74 Å². The van der Waals surface area contributed by atoms with Gasteiger partial charge in [-0.05, 0) is 12.1 Å². The smallest absolute Gasteiger partial charge is 0.405 e. The number of benzene rings is 1. The first kappa shape index (κ1) is 14.1. The SMILES string of the molecule is COc1ccccc1N(C)C(=O)NCC(F)(F)F. The maximum absolute atomic E-state index is 12.0. The van der Waals surface area contributed by atoms with Crippen LogP contribution in [0.4, 0.5) is 23.7 Å². The first-order valence-electron chi connectivity index (χ1n) is 5.06. The maximum atomic E-state index is 12.0. The molecular formula is C11H13F3N2O2. The molecule has 1 N–H and O–H groups in total. The van der Waals surface area contributed by atoms with Crippen LogP contribution in [-0.2, 0) is 0 Å². The minimum Gasteiger partial charge on any atom is -0.495 e. The molecule has 0 radical (unpaired) electrons. The van der Waals surface area contributed by atoms with Crippen LogP contribution in [0, 0.1) is 0 Å². The lowest BCUT2D eigenvalue weighted by Crippen LogP contribution is -2.42. The monoisotopic (exact) mass is 262 g/mol. The average molecular weight is 262 g/mol. The molecule has 0 aliphatic carbocycles. The number of methoxy groups -OCH3 is 1. The fourth-order valence-corrected chi connectivity index (χ4v) is 1.31. The molecule has 0 spiro atoms. The normalized spacial score (nSPS) is 10.9. The van der Waals surface area contributed by atoms with E-state index in [2.05, 4.69) is 0 Å². The number of nitrogens with zero attached hydrogens (tertiary/aromatic N) is 1. The van der Waals surface area contributed by atoms with Crippen molar-refractivity contribution >= 4 is 11.7 Å². The highest BCUT2D eigenvalue weighted by molar-refractivity contribution is 5.93. The number of hydrogen-bond acceptors (Lipinski definition) is 2. The van der Waals surface area contributed by atoms with Gasteiger partial charge in [-0.15, -0.1) is 0 Å².